The maximum atomic E-state index is 3.87. The van der Waals surface area contributed by atoms with Crippen LogP contribution in [0.2, 0.25) is 0 Å². The van der Waals surface area contributed by atoms with Crippen LogP contribution in [0.5, 0.6) is 0 Å². The molecule has 0 aromatic heterocycles. The molecule has 2 heteroatoms. The van der Waals surface area contributed by atoms with Crippen LogP contribution in [-0.4, -0.2) is 0 Å². The van der Waals surface area contributed by atoms with Crippen LogP contribution in [0.25, 0.3) is 0 Å². The predicted molar refractivity (Wildman–Crippen MR) is 106 cm³/mol. The van der Waals surface area contributed by atoms with Crippen molar-refractivity contribution in [1.29, 1.82) is 0 Å². The van der Waals surface area contributed by atoms with E-state index in [2.05, 4.69) is 91.2 Å². The zero-order valence-corrected chi connectivity index (χ0v) is 16.0. The number of fused-ring (bicyclic) bond motifs is 3. The van der Waals surface area contributed by atoms with E-state index in [-0.39, 0.29) is 0 Å². The van der Waals surface area contributed by atoms with E-state index in [1.807, 2.05) is 0 Å². The summed E-state index contributed by atoms with van der Waals surface area (Å²) in [6.45, 7) is 6.71. The Morgan fingerprint density at radius 1 is 1.04 bits per heavy atom. The van der Waals surface area contributed by atoms with E-state index in [0.717, 1.165) is 0 Å². The van der Waals surface area contributed by atoms with Crippen molar-refractivity contribution in [1.82, 2.24) is 0 Å². The summed E-state index contributed by atoms with van der Waals surface area (Å²) in [6.07, 6.45) is 5.96. The van der Waals surface area contributed by atoms with Crippen LogP contribution < -0.4 is 5.32 Å². The Labute approximate surface area is 152 Å². The molecule has 1 aliphatic carbocycles. The van der Waals surface area contributed by atoms with Crippen molar-refractivity contribution in [3.8, 4) is 0 Å². The largest absolute Gasteiger partial charge is 0.378 e. The summed E-state index contributed by atoms with van der Waals surface area (Å²) in [5.41, 5.74) is 8.46. The molecule has 2 aliphatic rings. The van der Waals surface area contributed by atoms with Crippen LogP contribution in [0, 0.1) is 30.3 Å². The highest BCUT2D eigenvalue weighted by atomic mass is 127. The Hall–Kier alpha value is -1.29. The third kappa shape index (κ3) is 2.51. The molecule has 0 saturated carbocycles. The third-order valence-electron chi connectivity index (χ3n) is 5.37. The first kappa shape index (κ1) is 15.3. The van der Waals surface area contributed by atoms with Gasteiger partial charge in [0.2, 0.25) is 0 Å². The first-order chi connectivity index (χ1) is 11.0. The molecule has 23 heavy (non-hydrogen) atoms. The molecule has 2 aromatic rings. The minimum absolute atomic E-state index is 0.406. The van der Waals surface area contributed by atoms with Gasteiger partial charge in [-0.3, -0.25) is 0 Å². The number of hydrogen-bond acceptors (Lipinski definition) is 1. The highest BCUT2D eigenvalue weighted by Gasteiger charge is 2.38. The van der Waals surface area contributed by atoms with E-state index < -0.39 is 0 Å². The molecule has 1 aliphatic heterocycles. The Bertz CT molecular complexity index is 782. The van der Waals surface area contributed by atoms with Crippen molar-refractivity contribution in [2.24, 2.45) is 5.92 Å². The predicted octanol–water partition coefficient (Wildman–Crippen LogP) is 6.04. The van der Waals surface area contributed by atoms with E-state index in [1.54, 1.807) is 0 Å². The minimum atomic E-state index is 0.406. The van der Waals surface area contributed by atoms with Gasteiger partial charge in [0.1, 0.15) is 0 Å². The summed E-state index contributed by atoms with van der Waals surface area (Å²) in [5.74, 6) is 1.17. The van der Waals surface area contributed by atoms with Crippen LogP contribution in [0.1, 0.15) is 46.2 Å². The number of aryl methyl sites for hydroxylation is 3. The molecule has 1 N–H and O–H groups in total. The smallest absolute Gasteiger partial charge is 0.0559 e. The first-order valence-electron chi connectivity index (χ1n) is 8.35. The molecule has 0 spiro atoms. The standard InChI is InChI=1S/C21H22IN/c1-12-9-13(2)20(14(3)10-12)21-17-6-4-5-16(17)18-11-15(22)7-8-19(18)23-21/h4-5,7-11,16-17,21,23H,6H2,1-3H3. The highest BCUT2D eigenvalue weighted by Crippen LogP contribution is 2.51. The van der Waals surface area contributed by atoms with Gasteiger partial charge in [-0.25, -0.2) is 0 Å². The Kier molecular flexibility index (Phi) is 3.75. The quantitative estimate of drug-likeness (QED) is 0.442. The lowest BCUT2D eigenvalue weighted by molar-refractivity contribution is 0.423. The van der Waals surface area contributed by atoms with Gasteiger partial charge in [0.05, 0.1) is 6.04 Å². The van der Waals surface area contributed by atoms with Gasteiger partial charge in [-0.2, -0.15) is 0 Å². The maximum absolute atomic E-state index is 3.87. The van der Waals surface area contributed by atoms with E-state index in [1.165, 1.54) is 43.5 Å². The van der Waals surface area contributed by atoms with Crippen molar-refractivity contribution in [2.45, 2.75) is 39.2 Å². The van der Waals surface area contributed by atoms with Gasteiger partial charge in [-0.15, -0.1) is 0 Å². The lowest BCUT2D eigenvalue weighted by atomic mass is 9.75. The van der Waals surface area contributed by atoms with Gasteiger partial charge in [-0.05, 0) is 96.2 Å². The average Bonchev–Trinajstić information content (AvgIpc) is 2.96. The second-order valence-electron chi connectivity index (χ2n) is 7.02. The molecular weight excluding hydrogens is 393 g/mol. The zero-order valence-electron chi connectivity index (χ0n) is 13.9. The monoisotopic (exact) mass is 415 g/mol. The van der Waals surface area contributed by atoms with Crippen molar-refractivity contribution >= 4 is 28.3 Å². The maximum Gasteiger partial charge on any atom is 0.0559 e. The molecule has 0 radical (unpaired) electrons. The summed E-state index contributed by atoms with van der Waals surface area (Å²) < 4.78 is 1.32. The summed E-state index contributed by atoms with van der Waals surface area (Å²) in [7, 11) is 0. The van der Waals surface area contributed by atoms with Crippen LogP contribution in [-0.2, 0) is 0 Å². The fourth-order valence-corrected chi connectivity index (χ4v) is 5.05. The van der Waals surface area contributed by atoms with Gasteiger partial charge in [0.25, 0.3) is 0 Å². The molecule has 0 amide bonds. The third-order valence-corrected chi connectivity index (χ3v) is 6.04. The molecule has 1 heterocycles. The molecule has 1 nitrogen and oxygen atoms in total. The van der Waals surface area contributed by atoms with Crippen molar-refractivity contribution in [2.75, 3.05) is 5.32 Å². The number of hydrogen-bond donors (Lipinski definition) is 1. The van der Waals surface area contributed by atoms with Gasteiger partial charge in [-0.1, -0.05) is 29.8 Å². The van der Waals surface area contributed by atoms with Gasteiger partial charge >= 0.3 is 0 Å². The minimum Gasteiger partial charge on any atom is -0.378 e. The van der Waals surface area contributed by atoms with E-state index in [4.69, 9.17) is 0 Å². The van der Waals surface area contributed by atoms with Gasteiger partial charge < -0.3 is 5.32 Å². The van der Waals surface area contributed by atoms with E-state index in [9.17, 15) is 0 Å². The second-order valence-corrected chi connectivity index (χ2v) is 8.27. The lowest BCUT2D eigenvalue weighted by Gasteiger charge is -2.39. The molecule has 0 fully saturated rings. The molecule has 2 aromatic carbocycles. The van der Waals surface area contributed by atoms with E-state index >= 15 is 0 Å². The molecule has 3 atom stereocenters. The van der Waals surface area contributed by atoms with Crippen LogP contribution in [0.15, 0.2) is 42.5 Å². The van der Waals surface area contributed by atoms with Crippen molar-refractivity contribution in [3.63, 3.8) is 0 Å². The number of nitrogens with one attached hydrogen (secondary N) is 1. The Balaban J connectivity index is 1.84. The average molecular weight is 415 g/mol. The SMILES string of the molecule is Cc1cc(C)c(C2Nc3ccc(I)cc3C3C=CCC32)c(C)c1. The Morgan fingerprint density at radius 2 is 1.78 bits per heavy atom. The van der Waals surface area contributed by atoms with Crippen LogP contribution >= 0.6 is 22.6 Å². The first-order valence-corrected chi connectivity index (χ1v) is 9.43. The zero-order chi connectivity index (χ0) is 16.1. The van der Waals surface area contributed by atoms with E-state index in [0.29, 0.717) is 17.9 Å². The lowest BCUT2D eigenvalue weighted by Crippen LogP contribution is -2.30. The number of rotatable bonds is 1. The molecular formula is C21H22IN. The topological polar surface area (TPSA) is 12.0 Å². The highest BCUT2D eigenvalue weighted by molar-refractivity contribution is 14.1. The number of allylic oxidation sites excluding steroid dienone is 2. The van der Waals surface area contributed by atoms with Gasteiger partial charge in [0.15, 0.2) is 0 Å². The number of halogens is 1. The summed E-state index contributed by atoms with van der Waals surface area (Å²) in [5, 5.41) is 3.87. The molecule has 0 bridgehead atoms. The molecule has 4 rings (SSSR count). The van der Waals surface area contributed by atoms with Crippen LogP contribution in [0.4, 0.5) is 5.69 Å². The van der Waals surface area contributed by atoms with Crippen LogP contribution in [0.3, 0.4) is 0 Å². The summed E-state index contributed by atoms with van der Waals surface area (Å²) >= 11 is 2.42. The Morgan fingerprint density at radius 3 is 2.52 bits per heavy atom. The molecule has 118 valence electrons. The fourth-order valence-electron chi connectivity index (χ4n) is 4.53. The fraction of sp³-hybridized carbons (Fsp3) is 0.333. The molecule has 3 unspecified atom stereocenters. The van der Waals surface area contributed by atoms with Crippen molar-refractivity contribution < 1.29 is 0 Å². The van der Waals surface area contributed by atoms with Crippen molar-refractivity contribution in [3.05, 3.63) is 73.9 Å². The molecule has 0 saturated heterocycles. The normalized spacial score (nSPS) is 25.0. The number of anilines is 1. The summed E-state index contributed by atoms with van der Waals surface area (Å²) in [6, 6.07) is 11.9. The van der Waals surface area contributed by atoms with Gasteiger partial charge in [0, 0.05) is 15.2 Å². The number of benzene rings is 2. The second kappa shape index (κ2) is 5.66. The summed E-state index contributed by atoms with van der Waals surface area (Å²) in [4.78, 5) is 0.